The molecule has 1 heterocycles. The second-order valence-electron chi connectivity index (χ2n) is 7.97. The van der Waals surface area contributed by atoms with Crippen LogP contribution in [0.2, 0.25) is 0 Å². The Kier molecular flexibility index (Phi) is 10.1. The van der Waals surface area contributed by atoms with Gasteiger partial charge in [0.05, 0.1) is 5.97 Å². The molecule has 1 aromatic heterocycles. The van der Waals surface area contributed by atoms with Gasteiger partial charge in [-0.2, -0.15) is 8.42 Å². The van der Waals surface area contributed by atoms with E-state index in [1.807, 2.05) is 0 Å². The SMILES string of the molecule is O=C(NS(=O)(=O)n1ccc(-c2ccc(C(=O)[O-])cc2)c1C(=O)OCc1ccccc1)OCc1ccccc1.[Na+]. The fourth-order valence-corrected chi connectivity index (χ4v) is 4.53. The first-order valence-electron chi connectivity index (χ1n) is 11.2. The van der Waals surface area contributed by atoms with E-state index in [-0.39, 0.29) is 53.9 Å². The van der Waals surface area contributed by atoms with Crippen LogP contribution in [0.25, 0.3) is 11.1 Å². The number of hydrogen-bond acceptors (Lipinski definition) is 8. The first kappa shape index (κ1) is 29.7. The number of aromatic carboxylic acids is 1. The van der Waals surface area contributed by atoms with Crippen LogP contribution in [0.1, 0.15) is 32.0 Å². The number of ether oxygens (including phenoxy) is 2. The Balaban J connectivity index is 0.00000420. The fraction of sp³-hybridized carbons (Fsp3) is 0.0741. The van der Waals surface area contributed by atoms with E-state index in [9.17, 15) is 27.9 Å². The molecule has 3 aromatic carbocycles. The topological polar surface area (TPSA) is 144 Å². The molecule has 4 aromatic rings. The van der Waals surface area contributed by atoms with Crippen molar-refractivity contribution in [2.24, 2.45) is 0 Å². The van der Waals surface area contributed by atoms with Crippen LogP contribution < -0.4 is 39.4 Å². The number of nitrogens with one attached hydrogen (secondary N) is 1. The van der Waals surface area contributed by atoms with Crippen molar-refractivity contribution in [1.82, 2.24) is 8.69 Å². The molecule has 12 heteroatoms. The molecule has 0 bridgehead atoms. The summed E-state index contributed by atoms with van der Waals surface area (Å²) in [6.07, 6.45) is -0.167. The van der Waals surface area contributed by atoms with Gasteiger partial charge in [-0.1, -0.05) is 84.9 Å². The third-order valence-electron chi connectivity index (χ3n) is 5.37. The van der Waals surface area contributed by atoms with Crippen molar-refractivity contribution in [3.05, 3.63) is 120 Å². The van der Waals surface area contributed by atoms with Crippen LogP contribution in [-0.2, 0) is 32.9 Å². The zero-order chi connectivity index (χ0) is 27.1. The van der Waals surface area contributed by atoms with Gasteiger partial charge in [-0.3, -0.25) is 0 Å². The second-order valence-corrected chi connectivity index (χ2v) is 9.52. The number of esters is 1. The van der Waals surface area contributed by atoms with Gasteiger partial charge in [-0.25, -0.2) is 18.3 Å². The summed E-state index contributed by atoms with van der Waals surface area (Å²) in [6, 6.07) is 24.1. The van der Waals surface area contributed by atoms with Gasteiger partial charge in [0.1, 0.15) is 13.2 Å². The molecule has 0 aliphatic carbocycles. The summed E-state index contributed by atoms with van der Waals surface area (Å²) in [5, 5.41) is 11.1. The van der Waals surface area contributed by atoms with Crippen molar-refractivity contribution in [3.8, 4) is 11.1 Å². The molecule has 194 valence electrons. The molecule has 0 radical (unpaired) electrons. The molecule has 39 heavy (non-hydrogen) atoms. The number of carboxylic acids is 1. The minimum Gasteiger partial charge on any atom is -0.545 e. The Hall–Kier alpha value is -3.90. The van der Waals surface area contributed by atoms with Crippen LogP contribution in [0.3, 0.4) is 0 Å². The van der Waals surface area contributed by atoms with Crippen LogP contribution in [0.5, 0.6) is 0 Å². The molecule has 0 aliphatic rings. The van der Waals surface area contributed by atoms with E-state index < -0.39 is 33.9 Å². The maximum Gasteiger partial charge on any atom is 1.00 e. The molecule has 1 N–H and O–H groups in total. The Morgan fingerprint density at radius 3 is 1.85 bits per heavy atom. The van der Waals surface area contributed by atoms with Gasteiger partial charge < -0.3 is 19.4 Å². The van der Waals surface area contributed by atoms with Crippen LogP contribution in [0.15, 0.2) is 97.2 Å². The van der Waals surface area contributed by atoms with Gasteiger partial charge in [-0.15, -0.1) is 0 Å². The predicted octanol–water partition coefficient (Wildman–Crippen LogP) is -0.101. The number of rotatable bonds is 9. The van der Waals surface area contributed by atoms with Crippen LogP contribution in [0, 0.1) is 0 Å². The number of benzene rings is 3. The van der Waals surface area contributed by atoms with Crippen molar-refractivity contribution in [2.75, 3.05) is 0 Å². The number of carbonyl (C=O) groups is 3. The Morgan fingerprint density at radius 2 is 1.31 bits per heavy atom. The Morgan fingerprint density at radius 1 is 0.769 bits per heavy atom. The maximum absolute atomic E-state index is 13.2. The Labute approximate surface area is 246 Å². The third kappa shape index (κ3) is 7.58. The number of carbonyl (C=O) groups excluding carboxylic acids is 3. The van der Waals surface area contributed by atoms with Gasteiger partial charge in [0.25, 0.3) is 0 Å². The van der Waals surface area contributed by atoms with Gasteiger partial charge in [0.15, 0.2) is 5.69 Å². The smallest absolute Gasteiger partial charge is 0.545 e. The Bertz CT molecular complexity index is 1550. The van der Waals surface area contributed by atoms with Crippen molar-refractivity contribution >= 4 is 28.2 Å². The summed E-state index contributed by atoms with van der Waals surface area (Å²) in [5.74, 6) is -2.38. The summed E-state index contributed by atoms with van der Waals surface area (Å²) in [7, 11) is -4.64. The molecular weight excluding hydrogens is 535 g/mol. The molecular formula is C27H21N2NaO8S. The fourth-order valence-electron chi connectivity index (χ4n) is 3.53. The largest absolute Gasteiger partial charge is 1.00 e. The van der Waals surface area contributed by atoms with E-state index in [4.69, 9.17) is 9.47 Å². The van der Waals surface area contributed by atoms with Crippen molar-refractivity contribution in [2.45, 2.75) is 13.2 Å². The molecule has 10 nitrogen and oxygen atoms in total. The summed E-state index contributed by atoms with van der Waals surface area (Å²) >= 11 is 0. The molecule has 0 saturated heterocycles. The quantitative estimate of drug-likeness (QED) is 0.222. The second kappa shape index (κ2) is 13.3. The first-order chi connectivity index (χ1) is 18.2. The average Bonchev–Trinajstić information content (AvgIpc) is 3.38. The molecule has 0 atom stereocenters. The summed E-state index contributed by atoms with van der Waals surface area (Å²) in [4.78, 5) is 36.5. The minimum absolute atomic E-state index is 0. The van der Waals surface area contributed by atoms with E-state index >= 15 is 0 Å². The maximum atomic E-state index is 13.2. The van der Waals surface area contributed by atoms with Gasteiger partial charge in [0.2, 0.25) is 0 Å². The monoisotopic (exact) mass is 556 g/mol. The number of carboxylic acid groups (broad SMARTS) is 1. The van der Waals surface area contributed by atoms with Crippen molar-refractivity contribution < 1.29 is 66.9 Å². The van der Waals surface area contributed by atoms with Gasteiger partial charge >= 0.3 is 51.8 Å². The van der Waals surface area contributed by atoms with E-state index in [0.29, 0.717) is 20.7 Å². The van der Waals surface area contributed by atoms with Crippen LogP contribution in [0.4, 0.5) is 4.79 Å². The molecule has 0 fully saturated rings. The molecule has 4 rings (SSSR count). The van der Waals surface area contributed by atoms with E-state index in [0.717, 1.165) is 6.20 Å². The average molecular weight is 557 g/mol. The number of hydrogen-bond donors (Lipinski definition) is 1. The van der Waals surface area contributed by atoms with Crippen LogP contribution >= 0.6 is 0 Å². The van der Waals surface area contributed by atoms with Gasteiger partial charge in [-0.05, 0) is 28.3 Å². The molecule has 1 amide bonds. The first-order valence-corrected chi connectivity index (χ1v) is 12.7. The molecule has 0 aliphatic heterocycles. The normalized spacial score (nSPS) is 10.7. The molecule has 0 unspecified atom stereocenters. The predicted molar refractivity (Wildman–Crippen MR) is 134 cm³/mol. The zero-order valence-electron chi connectivity index (χ0n) is 20.8. The number of amides is 1. The van der Waals surface area contributed by atoms with Crippen molar-refractivity contribution in [3.63, 3.8) is 0 Å². The van der Waals surface area contributed by atoms with Gasteiger partial charge in [0, 0.05) is 11.8 Å². The van der Waals surface area contributed by atoms with Crippen LogP contribution in [-0.4, -0.2) is 30.4 Å². The summed E-state index contributed by atoms with van der Waals surface area (Å²) in [6.45, 7) is -0.309. The van der Waals surface area contributed by atoms with Crippen molar-refractivity contribution in [1.29, 1.82) is 0 Å². The number of aromatic nitrogens is 1. The summed E-state index contributed by atoms with van der Waals surface area (Å²) < 4.78 is 38.9. The van der Waals surface area contributed by atoms with E-state index in [2.05, 4.69) is 0 Å². The minimum atomic E-state index is -4.64. The zero-order valence-corrected chi connectivity index (χ0v) is 23.6. The molecule has 0 saturated carbocycles. The standard InChI is InChI=1S/C27H22N2O8S.Na/c30-25(31)22-13-11-21(12-14-22)23-15-16-29(24(23)26(32)36-17-19-7-3-1-4-8-19)38(34,35)28-27(33)37-18-20-9-5-2-6-10-20;/h1-16H,17-18H2,(H,28,33)(H,30,31);/q;+1/p-1. The van der Waals surface area contributed by atoms with E-state index in [1.54, 1.807) is 65.4 Å². The third-order valence-corrected chi connectivity index (χ3v) is 6.62. The molecule has 0 spiro atoms. The van der Waals surface area contributed by atoms with E-state index in [1.165, 1.54) is 30.3 Å². The summed E-state index contributed by atoms with van der Waals surface area (Å²) in [5.41, 5.74) is 1.29. The number of nitrogens with zero attached hydrogens (tertiary/aromatic N) is 1.